The molecule has 0 bridgehead atoms. The molecule has 9 nitrogen and oxygen atoms in total. The van der Waals surface area contributed by atoms with Crippen LogP contribution in [0.15, 0.2) is 79.4 Å². The lowest BCUT2D eigenvalue weighted by Crippen LogP contribution is -2.23. The summed E-state index contributed by atoms with van der Waals surface area (Å²) in [6, 6.07) is 17.8. The van der Waals surface area contributed by atoms with Gasteiger partial charge in [-0.25, -0.2) is 9.78 Å². The minimum atomic E-state index is -1.10. The van der Waals surface area contributed by atoms with Crippen LogP contribution in [0.4, 0.5) is 0 Å². The molecule has 0 aliphatic carbocycles. The molecule has 11 heteroatoms. The van der Waals surface area contributed by atoms with E-state index in [9.17, 15) is 14.7 Å². The highest BCUT2D eigenvalue weighted by Gasteiger charge is 2.20. The Kier molecular flexibility index (Phi) is 7.21. The maximum absolute atomic E-state index is 13.5. The van der Waals surface area contributed by atoms with Crippen LogP contribution in [0.1, 0.15) is 12.5 Å². The molecule has 1 N–H and O–H groups in total. The SMILES string of the molecule is COc1cc(C=Nn2c(-c3cc4cc(Br)ccc4o3)nc3ccccc3c2=O)cc(I)c1O[C@H](C)C(=O)O. The molecule has 2 aromatic heterocycles. The van der Waals surface area contributed by atoms with E-state index in [-0.39, 0.29) is 11.4 Å². The first-order valence-electron chi connectivity index (χ1n) is 11.3. The van der Waals surface area contributed by atoms with Gasteiger partial charge in [-0.2, -0.15) is 9.78 Å². The summed E-state index contributed by atoms with van der Waals surface area (Å²) in [5.74, 6) is 0.172. The number of furan rings is 1. The van der Waals surface area contributed by atoms with Crippen molar-refractivity contribution in [3.63, 3.8) is 0 Å². The number of carbonyl (C=O) groups is 1. The van der Waals surface area contributed by atoms with Crippen molar-refractivity contribution in [2.45, 2.75) is 13.0 Å². The number of hydrogen-bond acceptors (Lipinski definition) is 7. The van der Waals surface area contributed by atoms with Gasteiger partial charge in [-0.15, -0.1) is 0 Å². The van der Waals surface area contributed by atoms with Gasteiger partial charge in [0.25, 0.3) is 5.56 Å². The van der Waals surface area contributed by atoms with Crippen LogP contribution in [-0.2, 0) is 4.79 Å². The lowest BCUT2D eigenvalue weighted by Gasteiger charge is -2.16. The molecule has 5 aromatic rings. The number of hydrogen-bond donors (Lipinski definition) is 1. The Balaban J connectivity index is 1.63. The number of halogens is 2. The Morgan fingerprint density at radius 2 is 2.00 bits per heavy atom. The van der Waals surface area contributed by atoms with Crippen molar-refractivity contribution in [3.05, 3.63) is 84.6 Å². The average molecular weight is 688 g/mol. The number of aliphatic carboxylic acids is 1. The van der Waals surface area contributed by atoms with Crippen LogP contribution in [0.2, 0.25) is 0 Å². The molecule has 1 atom stereocenters. The fraction of sp³-hybridized carbons (Fsp3) is 0.111. The molecule has 0 fully saturated rings. The smallest absolute Gasteiger partial charge is 0.344 e. The number of carboxylic acid groups (broad SMARTS) is 1. The first kappa shape index (κ1) is 25.9. The van der Waals surface area contributed by atoms with Crippen molar-refractivity contribution in [2.24, 2.45) is 5.10 Å². The first-order chi connectivity index (χ1) is 18.2. The molecule has 0 amide bonds. The van der Waals surface area contributed by atoms with E-state index >= 15 is 0 Å². The van der Waals surface area contributed by atoms with Crippen molar-refractivity contribution in [2.75, 3.05) is 7.11 Å². The molecule has 2 heterocycles. The van der Waals surface area contributed by atoms with Crippen LogP contribution in [-0.4, -0.2) is 40.2 Å². The Hall–Kier alpha value is -3.71. The number of carboxylic acids is 1. The van der Waals surface area contributed by atoms with E-state index in [1.807, 2.05) is 52.9 Å². The normalized spacial score (nSPS) is 12.3. The highest BCUT2D eigenvalue weighted by atomic mass is 127. The van der Waals surface area contributed by atoms with Crippen LogP contribution < -0.4 is 15.0 Å². The zero-order chi connectivity index (χ0) is 27.0. The Bertz CT molecular complexity index is 1800. The van der Waals surface area contributed by atoms with Gasteiger partial charge in [-0.1, -0.05) is 28.1 Å². The summed E-state index contributed by atoms with van der Waals surface area (Å²) < 4.78 is 19.7. The second-order valence-corrected chi connectivity index (χ2v) is 10.3. The number of benzene rings is 3. The minimum Gasteiger partial charge on any atom is -0.493 e. The summed E-state index contributed by atoms with van der Waals surface area (Å²) in [6.45, 7) is 1.44. The number of rotatable bonds is 7. The van der Waals surface area contributed by atoms with Gasteiger partial charge in [0.1, 0.15) is 5.58 Å². The molecule has 0 saturated heterocycles. The molecular weight excluding hydrogens is 669 g/mol. The highest BCUT2D eigenvalue weighted by Crippen LogP contribution is 2.34. The molecule has 0 aliphatic rings. The highest BCUT2D eigenvalue weighted by molar-refractivity contribution is 14.1. The van der Waals surface area contributed by atoms with Gasteiger partial charge in [-0.05, 0) is 83.6 Å². The van der Waals surface area contributed by atoms with E-state index in [1.165, 1.54) is 24.9 Å². The maximum atomic E-state index is 13.5. The third-order valence-corrected chi connectivity index (χ3v) is 6.96. The summed E-state index contributed by atoms with van der Waals surface area (Å²) in [7, 11) is 1.46. The summed E-state index contributed by atoms with van der Waals surface area (Å²) in [5, 5.41) is 14.9. The second kappa shape index (κ2) is 10.6. The minimum absolute atomic E-state index is 0.245. The Labute approximate surface area is 238 Å². The van der Waals surface area contributed by atoms with Crippen LogP contribution in [0, 0.1) is 3.57 Å². The van der Waals surface area contributed by atoms with Crippen LogP contribution in [0.5, 0.6) is 11.5 Å². The van der Waals surface area contributed by atoms with Crippen molar-refractivity contribution < 1.29 is 23.8 Å². The van der Waals surface area contributed by atoms with E-state index < -0.39 is 12.1 Å². The van der Waals surface area contributed by atoms with Crippen LogP contribution in [0.25, 0.3) is 33.5 Å². The monoisotopic (exact) mass is 687 g/mol. The van der Waals surface area contributed by atoms with Crippen molar-refractivity contribution in [1.82, 2.24) is 9.66 Å². The molecule has 192 valence electrons. The number of para-hydroxylation sites is 1. The Morgan fingerprint density at radius 1 is 1.21 bits per heavy atom. The maximum Gasteiger partial charge on any atom is 0.344 e. The zero-order valence-corrected chi connectivity index (χ0v) is 23.8. The van der Waals surface area contributed by atoms with Gasteiger partial charge >= 0.3 is 5.97 Å². The summed E-state index contributed by atoms with van der Waals surface area (Å²) in [5.41, 5.74) is 1.40. The summed E-state index contributed by atoms with van der Waals surface area (Å²) >= 11 is 5.50. The quantitative estimate of drug-likeness (QED) is 0.167. The lowest BCUT2D eigenvalue weighted by molar-refractivity contribution is -0.144. The summed E-state index contributed by atoms with van der Waals surface area (Å²) in [6.07, 6.45) is 0.432. The molecule has 3 aromatic carbocycles. The molecular formula is C27H19BrIN3O6. The third-order valence-electron chi connectivity index (χ3n) is 5.67. The second-order valence-electron chi connectivity index (χ2n) is 8.24. The topological polar surface area (TPSA) is 116 Å². The summed E-state index contributed by atoms with van der Waals surface area (Å²) in [4.78, 5) is 29.4. The fourth-order valence-electron chi connectivity index (χ4n) is 3.79. The van der Waals surface area contributed by atoms with Gasteiger partial charge in [0.2, 0.25) is 5.82 Å². The van der Waals surface area contributed by atoms with E-state index in [1.54, 1.807) is 30.3 Å². The van der Waals surface area contributed by atoms with Gasteiger partial charge in [0.05, 0.1) is 27.8 Å². The molecule has 0 spiro atoms. The number of nitrogens with zero attached hydrogens (tertiary/aromatic N) is 3. The molecule has 0 aliphatic heterocycles. The molecule has 38 heavy (non-hydrogen) atoms. The third kappa shape index (κ3) is 5.03. The molecule has 0 radical (unpaired) electrons. The van der Waals surface area contributed by atoms with E-state index in [2.05, 4.69) is 21.0 Å². The van der Waals surface area contributed by atoms with E-state index in [0.717, 1.165) is 9.86 Å². The first-order valence-corrected chi connectivity index (χ1v) is 13.1. The standard InChI is InChI=1S/C27H19BrIN3O6/c1-14(27(34)35)37-24-19(29)9-15(10-22(24)36-2)13-30-32-25(31-20-6-4-3-5-18(20)26(32)33)23-12-16-11-17(28)7-8-21(16)38-23/h3-14H,1-2H3,(H,34,35)/t14-/m1/s1. The average Bonchev–Trinajstić information content (AvgIpc) is 3.32. The predicted molar refractivity (Wildman–Crippen MR) is 155 cm³/mol. The van der Waals surface area contributed by atoms with Gasteiger partial charge in [-0.3, -0.25) is 4.79 Å². The predicted octanol–water partition coefficient (Wildman–Crippen LogP) is 5.92. The van der Waals surface area contributed by atoms with Gasteiger partial charge < -0.3 is 19.0 Å². The van der Waals surface area contributed by atoms with E-state index in [0.29, 0.717) is 42.9 Å². The van der Waals surface area contributed by atoms with Crippen molar-refractivity contribution >= 4 is 72.6 Å². The van der Waals surface area contributed by atoms with Gasteiger partial charge in [0.15, 0.2) is 23.4 Å². The molecule has 0 unspecified atom stereocenters. The van der Waals surface area contributed by atoms with Crippen molar-refractivity contribution in [3.8, 4) is 23.1 Å². The van der Waals surface area contributed by atoms with Crippen LogP contribution >= 0.6 is 38.5 Å². The van der Waals surface area contributed by atoms with Gasteiger partial charge in [0, 0.05) is 9.86 Å². The molecule has 5 rings (SSSR count). The largest absolute Gasteiger partial charge is 0.493 e. The van der Waals surface area contributed by atoms with Crippen molar-refractivity contribution in [1.29, 1.82) is 0 Å². The number of ether oxygens (including phenoxy) is 2. The number of fused-ring (bicyclic) bond motifs is 2. The lowest BCUT2D eigenvalue weighted by atomic mass is 10.2. The van der Waals surface area contributed by atoms with Crippen LogP contribution in [0.3, 0.4) is 0 Å². The molecule has 0 saturated carbocycles. The fourth-order valence-corrected chi connectivity index (χ4v) is 4.93. The Morgan fingerprint density at radius 3 is 2.76 bits per heavy atom. The number of aromatic nitrogens is 2. The number of methoxy groups -OCH3 is 1. The van der Waals surface area contributed by atoms with E-state index in [4.69, 9.17) is 18.9 Å². The zero-order valence-electron chi connectivity index (χ0n) is 20.0.